The molecular formula is C28H22N4O2. The Morgan fingerprint density at radius 1 is 0.794 bits per heavy atom. The van der Waals surface area contributed by atoms with Gasteiger partial charge in [0.05, 0.1) is 28.4 Å². The summed E-state index contributed by atoms with van der Waals surface area (Å²) in [5, 5.41) is 27.1. The van der Waals surface area contributed by atoms with Crippen LogP contribution in [0.4, 0.5) is 17.1 Å². The standard InChI is InChI=1S/C28H22N4O2/c1-13-29-19-7-3-5-15-9-11-17(25(31-13)21(15)19)23-27(33)24(28(23)34)18-12-10-16-6-4-8-20-22(16)26(18)32-14(2)30-20/h3-14,29-31,33H,1-2H3/b24-18+. The topological polar surface area (TPSA) is 85.8 Å². The predicted molar refractivity (Wildman–Crippen MR) is 136 cm³/mol. The van der Waals surface area contributed by atoms with E-state index >= 15 is 0 Å². The van der Waals surface area contributed by atoms with Crippen LogP contribution in [0.2, 0.25) is 0 Å². The number of benzene rings is 4. The third kappa shape index (κ3) is 2.45. The number of Topliss-reactive ketones (excluding diaryl/α,β-unsaturated/α-hetero) is 1. The van der Waals surface area contributed by atoms with Crippen molar-refractivity contribution in [2.24, 2.45) is 4.99 Å². The first-order valence-corrected chi connectivity index (χ1v) is 11.5. The van der Waals surface area contributed by atoms with Crippen LogP contribution >= 0.6 is 0 Å². The molecule has 0 spiro atoms. The van der Waals surface area contributed by atoms with E-state index in [-0.39, 0.29) is 23.9 Å². The number of nitrogens with one attached hydrogen (secondary N) is 3. The Morgan fingerprint density at radius 2 is 1.50 bits per heavy atom. The zero-order valence-electron chi connectivity index (χ0n) is 18.7. The van der Waals surface area contributed by atoms with Crippen LogP contribution in [0.5, 0.6) is 0 Å². The number of aliphatic hydroxyl groups is 1. The highest BCUT2D eigenvalue weighted by Gasteiger charge is 2.38. The van der Waals surface area contributed by atoms with Gasteiger partial charge in [0.1, 0.15) is 11.9 Å². The summed E-state index contributed by atoms with van der Waals surface area (Å²) in [4.78, 5) is 18.4. The first kappa shape index (κ1) is 19.2. The molecule has 6 heteroatoms. The molecule has 3 aliphatic rings. The lowest BCUT2D eigenvalue weighted by Gasteiger charge is -2.31. The number of allylic oxidation sites excluding steroid dienone is 2. The Kier molecular flexibility index (Phi) is 3.73. The second-order valence-electron chi connectivity index (χ2n) is 9.14. The molecule has 4 aromatic carbocycles. The molecule has 0 bridgehead atoms. The van der Waals surface area contributed by atoms with Crippen molar-refractivity contribution < 1.29 is 9.90 Å². The van der Waals surface area contributed by atoms with Crippen LogP contribution < -0.4 is 26.5 Å². The number of hydrogen-bond acceptors (Lipinski definition) is 6. The minimum absolute atomic E-state index is 0.00298. The summed E-state index contributed by atoms with van der Waals surface area (Å²) < 4.78 is 0. The molecule has 2 aliphatic heterocycles. The minimum Gasteiger partial charge on any atom is -0.506 e. The van der Waals surface area contributed by atoms with Crippen molar-refractivity contribution in [3.05, 3.63) is 82.6 Å². The fourth-order valence-electron chi connectivity index (χ4n) is 5.51. The molecule has 2 atom stereocenters. The maximum absolute atomic E-state index is 13.6. The fraction of sp³-hybridized carbons (Fsp3) is 0.143. The molecule has 34 heavy (non-hydrogen) atoms. The number of hydrogen-bond donors (Lipinski definition) is 4. The van der Waals surface area contributed by atoms with E-state index in [0.29, 0.717) is 16.4 Å². The van der Waals surface area contributed by atoms with Crippen LogP contribution in [0.25, 0.3) is 32.7 Å². The lowest BCUT2D eigenvalue weighted by atomic mass is 9.80. The first-order chi connectivity index (χ1) is 16.5. The molecule has 2 unspecified atom stereocenters. The van der Waals surface area contributed by atoms with Gasteiger partial charge < -0.3 is 21.1 Å². The van der Waals surface area contributed by atoms with Crippen LogP contribution in [-0.2, 0) is 4.79 Å². The maximum Gasteiger partial charge on any atom is 0.201 e. The van der Waals surface area contributed by atoms with E-state index in [9.17, 15) is 9.90 Å². The summed E-state index contributed by atoms with van der Waals surface area (Å²) in [6.07, 6.45) is -0.126. The van der Waals surface area contributed by atoms with E-state index in [1.165, 1.54) is 0 Å². The third-order valence-electron chi connectivity index (χ3n) is 6.95. The van der Waals surface area contributed by atoms with E-state index in [1.54, 1.807) is 0 Å². The Labute approximate surface area is 195 Å². The molecule has 4 N–H and O–H groups in total. The van der Waals surface area contributed by atoms with Gasteiger partial charge in [0.25, 0.3) is 0 Å². The monoisotopic (exact) mass is 446 g/mol. The van der Waals surface area contributed by atoms with Crippen molar-refractivity contribution >= 4 is 55.5 Å². The number of ketones is 1. The van der Waals surface area contributed by atoms with Crippen molar-refractivity contribution in [1.29, 1.82) is 0 Å². The van der Waals surface area contributed by atoms with Gasteiger partial charge in [-0.25, -0.2) is 0 Å². The van der Waals surface area contributed by atoms with E-state index in [4.69, 9.17) is 4.99 Å². The molecule has 0 amide bonds. The molecule has 4 aromatic rings. The molecular weight excluding hydrogens is 424 g/mol. The van der Waals surface area contributed by atoms with Gasteiger partial charge in [-0.2, -0.15) is 0 Å². The molecule has 0 radical (unpaired) electrons. The Morgan fingerprint density at radius 3 is 2.26 bits per heavy atom. The summed E-state index contributed by atoms with van der Waals surface area (Å²) >= 11 is 0. The number of anilines is 3. The first-order valence-electron chi connectivity index (χ1n) is 11.5. The summed E-state index contributed by atoms with van der Waals surface area (Å²) in [7, 11) is 0. The van der Waals surface area contributed by atoms with Crippen LogP contribution in [-0.4, -0.2) is 23.2 Å². The molecule has 166 valence electrons. The molecule has 0 aromatic heterocycles. The number of carbonyl (C=O) groups is 1. The largest absolute Gasteiger partial charge is 0.506 e. The maximum atomic E-state index is 13.6. The van der Waals surface area contributed by atoms with Crippen LogP contribution in [0.1, 0.15) is 19.4 Å². The lowest BCUT2D eigenvalue weighted by Crippen LogP contribution is -2.39. The zero-order chi connectivity index (χ0) is 23.1. The van der Waals surface area contributed by atoms with E-state index in [2.05, 4.69) is 16.0 Å². The molecule has 1 aliphatic carbocycles. The number of aliphatic hydroxyl groups excluding tert-OH is 1. The number of rotatable bonds is 1. The van der Waals surface area contributed by atoms with Crippen molar-refractivity contribution in [1.82, 2.24) is 0 Å². The highest BCUT2D eigenvalue weighted by Crippen LogP contribution is 2.45. The normalized spacial score (nSPS) is 22.0. The van der Waals surface area contributed by atoms with E-state index in [0.717, 1.165) is 49.5 Å². The average molecular weight is 447 g/mol. The van der Waals surface area contributed by atoms with Gasteiger partial charge in [0.2, 0.25) is 5.78 Å². The smallest absolute Gasteiger partial charge is 0.201 e. The highest BCUT2D eigenvalue weighted by molar-refractivity contribution is 6.52. The van der Waals surface area contributed by atoms with Gasteiger partial charge in [-0.3, -0.25) is 9.79 Å². The summed E-state index contributed by atoms with van der Waals surface area (Å²) in [6, 6.07) is 20.0. The summed E-state index contributed by atoms with van der Waals surface area (Å²) in [5.41, 5.74) is 4.29. The van der Waals surface area contributed by atoms with E-state index in [1.807, 2.05) is 74.5 Å². The fourth-order valence-corrected chi connectivity index (χ4v) is 5.51. The number of carbonyl (C=O) groups excluding carboxylic acids is 1. The van der Waals surface area contributed by atoms with Crippen LogP contribution in [0.15, 0.2) is 71.4 Å². The summed E-state index contributed by atoms with van der Waals surface area (Å²) in [5.74, 6) is -0.131. The Bertz CT molecular complexity index is 1750. The van der Waals surface area contributed by atoms with Crippen LogP contribution in [0, 0.1) is 0 Å². The van der Waals surface area contributed by atoms with Crippen LogP contribution in [0.3, 0.4) is 0 Å². The Hall–Kier alpha value is -4.32. The van der Waals surface area contributed by atoms with Gasteiger partial charge in [0.15, 0.2) is 0 Å². The highest BCUT2D eigenvalue weighted by atomic mass is 16.3. The van der Waals surface area contributed by atoms with Crippen molar-refractivity contribution in [3.8, 4) is 0 Å². The quantitative estimate of drug-likeness (QED) is 0.351. The molecule has 0 saturated heterocycles. The average Bonchev–Trinajstić information content (AvgIpc) is 2.82. The lowest BCUT2D eigenvalue weighted by molar-refractivity contribution is -0.109. The zero-order valence-corrected chi connectivity index (χ0v) is 18.7. The molecule has 0 fully saturated rings. The van der Waals surface area contributed by atoms with Gasteiger partial charge >= 0.3 is 0 Å². The van der Waals surface area contributed by atoms with Gasteiger partial charge in [0, 0.05) is 32.9 Å². The second-order valence-corrected chi connectivity index (χ2v) is 9.14. The van der Waals surface area contributed by atoms with Gasteiger partial charge in [-0.15, -0.1) is 0 Å². The van der Waals surface area contributed by atoms with Crippen molar-refractivity contribution in [3.63, 3.8) is 0 Å². The van der Waals surface area contributed by atoms with E-state index < -0.39 is 0 Å². The predicted octanol–water partition coefficient (Wildman–Crippen LogP) is 4.27. The second kappa shape index (κ2) is 6.60. The number of nitrogens with zero attached hydrogens (tertiary/aromatic N) is 1. The van der Waals surface area contributed by atoms with Gasteiger partial charge in [-0.05, 0) is 36.8 Å². The van der Waals surface area contributed by atoms with Crippen molar-refractivity contribution in [2.45, 2.75) is 26.2 Å². The third-order valence-corrected chi connectivity index (χ3v) is 6.95. The van der Waals surface area contributed by atoms with Gasteiger partial charge in [-0.1, -0.05) is 48.5 Å². The molecule has 2 heterocycles. The Balaban J connectivity index is 1.52. The SMILES string of the molecule is CC1N=c2/c(=C3/C(=O)C(c4ccc5cccc6c5c4NC(C)N6)=C3O)ccc3cccc(c23)N1. The molecule has 0 saturated carbocycles. The summed E-state index contributed by atoms with van der Waals surface area (Å²) in [6.45, 7) is 4.01. The molecule has 7 rings (SSSR count). The molecule has 6 nitrogen and oxygen atoms in total. The van der Waals surface area contributed by atoms with Crippen molar-refractivity contribution in [2.75, 3.05) is 16.0 Å². The minimum atomic E-state index is -0.159.